The zero-order valence-electron chi connectivity index (χ0n) is 13.3. The predicted octanol–water partition coefficient (Wildman–Crippen LogP) is 3.03. The van der Waals surface area contributed by atoms with Crippen LogP contribution in [0.5, 0.6) is 5.75 Å². The summed E-state index contributed by atoms with van der Waals surface area (Å²) in [5.41, 5.74) is 6.81. The number of carbonyl (C=O) groups is 2. The summed E-state index contributed by atoms with van der Waals surface area (Å²) in [7, 11) is 0. The molecule has 1 heterocycles. The first-order valence-corrected chi connectivity index (χ1v) is 8.04. The van der Waals surface area contributed by atoms with Crippen LogP contribution in [0.2, 0.25) is 0 Å². The van der Waals surface area contributed by atoms with Crippen LogP contribution in [0.1, 0.15) is 32.1 Å². The van der Waals surface area contributed by atoms with Crippen molar-refractivity contribution in [1.29, 1.82) is 0 Å². The summed E-state index contributed by atoms with van der Waals surface area (Å²) < 4.78 is 6.48. The Morgan fingerprint density at radius 3 is 2.75 bits per heavy atom. The van der Waals surface area contributed by atoms with Crippen LogP contribution in [0.3, 0.4) is 0 Å². The Labute approximate surface area is 139 Å². The number of anilines is 2. The van der Waals surface area contributed by atoms with Gasteiger partial charge in [0.1, 0.15) is 12.1 Å². The zero-order chi connectivity index (χ0) is 16.9. The highest BCUT2D eigenvalue weighted by atomic mass is 16.6. The van der Waals surface area contributed by atoms with Crippen LogP contribution in [0.4, 0.5) is 16.2 Å². The molecule has 0 aliphatic heterocycles. The zero-order valence-corrected chi connectivity index (χ0v) is 13.3. The van der Waals surface area contributed by atoms with E-state index in [0.717, 1.165) is 25.7 Å². The van der Waals surface area contributed by atoms with Crippen LogP contribution in [0.15, 0.2) is 36.9 Å². The van der Waals surface area contributed by atoms with Gasteiger partial charge in [-0.05, 0) is 25.0 Å². The van der Waals surface area contributed by atoms with E-state index < -0.39 is 6.09 Å². The van der Waals surface area contributed by atoms with E-state index in [0.29, 0.717) is 17.1 Å². The van der Waals surface area contributed by atoms with E-state index in [1.807, 2.05) is 0 Å². The van der Waals surface area contributed by atoms with Crippen molar-refractivity contribution in [3.8, 4) is 5.75 Å². The minimum atomic E-state index is -0.582. The molecule has 24 heavy (non-hydrogen) atoms. The Balaban J connectivity index is 1.69. The summed E-state index contributed by atoms with van der Waals surface area (Å²) in [4.78, 5) is 28.1. The Morgan fingerprint density at radius 1 is 1.25 bits per heavy atom. The van der Waals surface area contributed by atoms with Crippen LogP contribution in [-0.4, -0.2) is 21.6 Å². The highest BCUT2D eigenvalue weighted by Crippen LogP contribution is 2.28. The molecule has 7 heteroatoms. The van der Waals surface area contributed by atoms with Gasteiger partial charge < -0.3 is 15.8 Å². The average molecular weight is 328 g/mol. The largest absolute Gasteiger partial charge is 0.424 e. The van der Waals surface area contributed by atoms with Crippen molar-refractivity contribution in [2.45, 2.75) is 32.1 Å². The smallest absolute Gasteiger partial charge is 0.410 e. The quantitative estimate of drug-likeness (QED) is 0.844. The summed E-state index contributed by atoms with van der Waals surface area (Å²) >= 11 is 0. The summed E-state index contributed by atoms with van der Waals surface area (Å²) in [6, 6.07) is 4.75. The summed E-state index contributed by atoms with van der Waals surface area (Å²) in [5.74, 6) is 0.302. The van der Waals surface area contributed by atoms with Crippen LogP contribution in [0, 0.1) is 5.92 Å². The second-order valence-corrected chi connectivity index (χ2v) is 5.91. The van der Waals surface area contributed by atoms with Gasteiger partial charge in [-0.1, -0.05) is 19.3 Å². The second kappa shape index (κ2) is 7.16. The Kier molecular flexibility index (Phi) is 4.79. The molecule has 0 spiro atoms. The van der Waals surface area contributed by atoms with E-state index in [-0.39, 0.29) is 11.8 Å². The van der Waals surface area contributed by atoms with Gasteiger partial charge in [-0.3, -0.25) is 4.79 Å². The molecule has 1 amide bonds. The molecular formula is C17H20N4O3. The third-order valence-electron chi connectivity index (χ3n) is 4.18. The minimum Gasteiger partial charge on any atom is -0.410 e. The third-order valence-corrected chi connectivity index (χ3v) is 4.18. The number of nitrogen functional groups attached to an aromatic ring is 1. The van der Waals surface area contributed by atoms with Gasteiger partial charge in [0.05, 0.1) is 11.4 Å². The van der Waals surface area contributed by atoms with Gasteiger partial charge in [0.15, 0.2) is 0 Å². The maximum atomic E-state index is 12.4. The van der Waals surface area contributed by atoms with Gasteiger partial charge in [-0.25, -0.2) is 14.3 Å². The molecule has 126 valence electrons. The van der Waals surface area contributed by atoms with E-state index >= 15 is 0 Å². The molecule has 0 unspecified atom stereocenters. The van der Waals surface area contributed by atoms with Crippen LogP contribution in [0.25, 0.3) is 0 Å². The Morgan fingerprint density at radius 2 is 2.04 bits per heavy atom. The van der Waals surface area contributed by atoms with Gasteiger partial charge in [0, 0.05) is 24.4 Å². The molecule has 1 fully saturated rings. The number of imidazole rings is 1. The number of amides is 1. The van der Waals surface area contributed by atoms with E-state index in [9.17, 15) is 9.59 Å². The molecule has 1 aliphatic rings. The van der Waals surface area contributed by atoms with Crippen molar-refractivity contribution >= 4 is 23.4 Å². The Bertz CT molecular complexity index is 721. The van der Waals surface area contributed by atoms with Crippen molar-refractivity contribution in [2.75, 3.05) is 11.1 Å². The molecule has 1 aliphatic carbocycles. The van der Waals surface area contributed by atoms with Gasteiger partial charge in [-0.15, -0.1) is 0 Å². The Hall–Kier alpha value is -2.83. The molecule has 1 aromatic heterocycles. The average Bonchev–Trinajstić information content (AvgIpc) is 3.13. The fourth-order valence-electron chi connectivity index (χ4n) is 2.83. The molecule has 1 saturated carbocycles. The predicted molar refractivity (Wildman–Crippen MR) is 89.7 cm³/mol. The number of hydrogen-bond acceptors (Lipinski definition) is 5. The molecule has 0 bridgehead atoms. The molecule has 0 radical (unpaired) electrons. The first kappa shape index (κ1) is 16.0. The highest BCUT2D eigenvalue weighted by molar-refractivity contribution is 5.95. The molecule has 7 nitrogen and oxygen atoms in total. The number of nitrogens with zero attached hydrogens (tertiary/aromatic N) is 2. The first-order valence-electron chi connectivity index (χ1n) is 8.04. The third kappa shape index (κ3) is 3.73. The molecule has 0 saturated heterocycles. The lowest BCUT2D eigenvalue weighted by Crippen LogP contribution is -2.25. The van der Waals surface area contributed by atoms with Crippen LogP contribution < -0.4 is 15.8 Å². The summed E-state index contributed by atoms with van der Waals surface area (Å²) in [5, 5.41) is 2.85. The minimum absolute atomic E-state index is 0.0234. The summed E-state index contributed by atoms with van der Waals surface area (Å²) in [6.07, 6.45) is 8.90. The number of ether oxygens (including phenoxy) is 1. The molecule has 3 N–H and O–H groups in total. The first-order chi connectivity index (χ1) is 11.6. The second-order valence-electron chi connectivity index (χ2n) is 5.91. The number of nitrogens with one attached hydrogen (secondary N) is 1. The fraction of sp³-hybridized carbons (Fsp3) is 0.353. The number of carbonyl (C=O) groups excluding carboxylic acids is 2. The molecule has 1 aromatic carbocycles. The lowest BCUT2D eigenvalue weighted by atomic mass is 9.88. The summed E-state index contributed by atoms with van der Waals surface area (Å²) in [6.45, 7) is 0. The topological polar surface area (TPSA) is 99.2 Å². The maximum Gasteiger partial charge on any atom is 0.424 e. The lowest BCUT2D eigenvalue weighted by molar-refractivity contribution is -0.120. The normalized spacial score (nSPS) is 15.0. The van der Waals surface area contributed by atoms with Gasteiger partial charge in [0.2, 0.25) is 5.91 Å². The van der Waals surface area contributed by atoms with E-state index in [1.165, 1.54) is 29.7 Å². The molecule has 3 rings (SSSR count). The standard InChI is InChI=1S/C17H20N4O3/c18-14-7-6-13(24-17(23)21-9-8-19-11-21)10-15(14)20-16(22)12-4-2-1-3-5-12/h6-12H,1-5,18H2,(H,20,22). The van der Waals surface area contributed by atoms with Crippen LogP contribution in [-0.2, 0) is 4.79 Å². The monoisotopic (exact) mass is 328 g/mol. The van der Waals surface area contributed by atoms with Crippen molar-refractivity contribution in [2.24, 2.45) is 5.92 Å². The van der Waals surface area contributed by atoms with Crippen LogP contribution >= 0.6 is 0 Å². The van der Waals surface area contributed by atoms with E-state index in [4.69, 9.17) is 10.5 Å². The molecule has 2 aromatic rings. The molecular weight excluding hydrogens is 308 g/mol. The number of aromatic nitrogens is 2. The number of hydrogen-bond donors (Lipinski definition) is 2. The number of nitrogens with two attached hydrogens (primary N) is 1. The van der Waals surface area contributed by atoms with Gasteiger partial charge in [0.25, 0.3) is 0 Å². The van der Waals surface area contributed by atoms with Crippen molar-refractivity contribution in [1.82, 2.24) is 9.55 Å². The van der Waals surface area contributed by atoms with Crippen molar-refractivity contribution < 1.29 is 14.3 Å². The lowest BCUT2D eigenvalue weighted by Gasteiger charge is -2.21. The van der Waals surface area contributed by atoms with E-state index in [1.54, 1.807) is 18.2 Å². The highest BCUT2D eigenvalue weighted by Gasteiger charge is 2.21. The molecule has 0 atom stereocenters. The number of rotatable bonds is 3. The van der Waals surface area contributed by atoms with Gasteiger partial charge >= 0.3 is 6.09 Å². The number of benzene rings is 1. The fourth-order valence-corrected chi connectivity index (χ4v) is 2.83. The SMILES string of the molecule is Nc1ccc(OC(=O)n2ccnc2)cc1NC(=O)C1CCCCC1. The van der Waals surface area contributed by atoms with E-state index in [2.05, 4.69) is 10.3 Å². The van der Waals surface area contributed by atoms with Crippen molar-refractivity contribution in [3.63, 3.8) is 0 Å². The van der Waals surface area contributed by atoms with Crippen molar-refractivity contribution in [3.05, 3.63) is 36.9 Å². The van der Waals surface area contributed by atoms with Gasteiger partial charge in [-0.2, -0.15) is 0 Å². The maximum absolute atomic E-state index is 12.4.